The lowest BCUT2D eigenvalue weighted by Crippen LogP contribution is -2.11. The Morgan fingerprint density at radius 3 is 2.37 bits per heavy atom. The Kier molecular flexibility index (Phi) is 8.61. The van der Waals surface area contributed by atoms with Crippen LogP contribution in [0, 0.1) is 5.92 Å². The van der Waals surface area contributed by atoms with Crippen molar-refractivity contribution < 1.29 is 9.47 Å². The van der Waals surface area contributed by atoms with E-state index in [0.717, 1.165) is 29.9 Å². The van der Waals surface area contributed by atoms with Gasteiger partial charge in [0.25, 0.3) is 0 Å². The van der Waals surface area contributed by atoms with Crippen molar-refractivity contribution in [2.24, 2.45) is 11.7 Å². The minimum absolute atomic E-state index is 0. The lowest BCUT2D eigenvalue weighted by Gasteiger charge is -2.16. The standard InChI is InChI=1S/C15H25NO2.ClH/c1-5-18-14-9-7-12(10-15(14)17-4)13(16)8-6-11(2)3;/h7,9-11,13H,5-6,8,16H2,1-4H3;1H/t13-;/m1./s1. The van der Waals surface area contributed by atoms with E-state index in [-0.39, 0.29) is 18.4 Å². The summed E-state index contributed by atoms with van der Waals surface area (Å²) in [7, 11) is 1.65. The monoisotopic (exact) mass is 287 g/mol. The van der Waals surface area contributed by atoms with E-state index >= 15 is 0 Å². The minimum Gasteiger partial charge on any atom is -0.493 e. The highest BCUT2D eigenvalue weighted by Crippen LogP contribution is 2.31. The molecule has 0 aliphatic carbocycles. The molecule has 0 aliphatic rings. The summed E-state index contributed by atoms with van der Waals surface area (Å²) in [6.45, 7) is 7.02. The average Bonchev–Trinajstić information content (AvgIpc) is 2.36. The van der Waals surface area contributed by atoms with Crippen LogP contribution in [0.2, 0.25) is 0 Å². The largest absolute Gasteiger partial charge is 0.493 e. The number of rotatable bonds is 7. The maximum Gasteiger partial charge on any atom is 0.161 e. The molecule has 0 aromatic heterocycles. The van der Waals surface area contributed by atoms with Crippen LogP contribution < -0.4 is 15.2 Å². The molecule has 1 aromatic rings. The van der Waals surface area contributed by atoms with Crippen LogP contribution in [-0.2, 0) is 0 Å². The second-order valence-electron chi connectivity index (χ2n) is 4.92. The summed E-state index contributed by atoms with van der Waals surface area (Å²) in [5.41, 5.74) is 7.30. The first-order valence-corrected chi connectivity index (χ1v) is 6.64. The first-order valence-electron chi connectivity index (χ1n) is 6.64. The topological polar surface area (TPSA) is 44.5 Å². The smallest absolute Gasteiger partial charge is 0.161 e. The zero-order chi connectivity index (χ0) is 13.5. The highest BCUT2D eigenvalue weighted by Gasteiger charge is 2.11. The molecule has 0 radical (unpaired) electrons. The SMILES string of the molecule is CCOc1ccc([C@H](N)CCC(C)C)cc1OC.Cl. The van der Waals surface area contributed by atoms with Gasteiger partial charge in [0.2, 0.25) is 0 Å². The van der Waals surface area contributed by atoms with E-state index in [9.17, 15) is 0 Å². The maximum atomic E-state index is 6.19. The highest BCUT2D eigenvalue weighted by atomic mass is 35.5. The Labute approximate surface area is 122 Å². The van der Waals surface area contributed by atoms with Gasteiger partial charge in [-0.05, 0) is 43.4 Å². The van der Waals surface area contributed by atoms with Gasteiger partial charge in [0.15, 0.2) is 11.5 Å². The first kappa shape index (κ1) is 18.1. The van der Waals surface area contributed by atoms with Crippen molar-refractivity contribution in [3.8, 4) is 11.5 Å². The fourth-order valence-electron chi connectivity index (χ4n) is 1.87. The Morgan fingerprint density at radius 1 is 1.16 bits per heavy atom. The molecule has 0 fully saturated rings. The highest BCUT2D eigenvalue weighted by molar-refractivity contribution is 5.85. The Hall–Kier alpha value is -0.930. The molecule has 2 N–H and O–H groups in total. The fraction of sp³-hybridized carbons (Fsp3) is 0.600. The van der Waals surface area contributed by atoms with Crippen LogP contribution in [0.5, 0.6) is 11.5 Å². The molecular formula is C15H26ClNO2. The summed E-state index contributed by atoms with van der Waals surface area (Å²) in [5, 5.41) is 0. The molecule has 19 heavy (non-hydrogen) atoms. The summed E-state index contributed by atoms with van der Waals surface area (Å²) in [5.74, 6) is 2.22. The summed E-state index contributed by atoms with van der Waals surface area (Å²) in [4.78, 5) is 0. The number of benzene rings is 1. The quantitative estimate of drug-likeness (QED) is 0.826. The number of hydrogen-bond acceptors (Lipinski definition) is 3. The summed E-state index contributed by atoms with van der Waals surface area (Å²) in [6, 6.07) is 6.01. The zero-order valence-electron chi connectivity index (χ0n) is 12.3. The minimum atomic E-state index is 0. The molecule has 110 valence electrons. The van der Waals surface area contributed by atoms with Crippen molar-refractivity contribution in [3.63, 3.8) is 0 Å². The van der Waals surface area contributed by atoms with Crippen LogP contribution in [0.3, 0.4) is 0 Å². The molecule has 0 unspecified atom stereocenters. The van der Waals surface area contributed by atoms with Gasteiger partial charge in [0.1, 0.15) is 0 Å². The van der Waals surface area contributed by atoms with E-state index in [1.165, 1.54) is 0 Å². The molecule has 1 atom stereocenters. The van der Waals surface area contributed by atoms with Gasteiger partial charge in [0, 0.05) is 6.04 Å². The van der Waals surface area contributed by atoms with Crippen molar-refractivity contribution in [1.29, 1.82) is 0 Å². The molecule has 4 heteroatoms. The van der Waals surface area contributed by atoms with Crippen LogP contribution in [0.4, 0.5) is 0 Å². The third-order valence-corrected chi connectivity index (χ3v) is 2.97. The van der Waals surface area contributed by atoms with E-state index < -0.39 is 0 Å². The maximum absolute atomic E-state index is 6.19. The molecule has 0 bridgehead atoms. The van der Waals surface area contributed by atoms with Gasteiger partial charge >= 0.3 is 0 Å². The molecule has 3 nitrogen and oxygen atoms in total. The molecular weight excluding hydrogens is 262 g/mol. The molecule has 1 aromatic carbocycles. The van der Waals surface area contributed by atoms with Crippen LogP contribution >= 0.6 is 12.4 Å². The average molecular weight is 288 g/mol. The van der Waals surface area contributed by atoms with Crippen LogP contribution in [-0.4, -0.2) is 13.7 Å². The summed E-state index contributed by atoms with van der Waals surface area (Å²) in [6.07, 6.45) is 2.13. The number of methoxy groups -OCH3 is 1. The van der Waals surface area contributed by atoms with E-state index in [1.807, 2.05) is 25.1 Å². The van der Waals surface area contributed by atoms with Gasteiger partial charge in [-0.1, -0.05) is 19.9 Å². The molecule has 0 aliphatic heterocycles. The normalized spacial score (nSPS) is 11.9. The Balaban J connectivity index is 0.00000324. The second-order valence-corrected chi connectivity index (χ2v) is 4.92. The number of halogens is 1. The first-order chi connectivity index (χ1) is 8.58. The number of hydrogen-bond donors (Lipinski definition) is 1. The molecule has 0 saturated carbocycles. The van der Waals surface area contributed by atoms with E-state index in [2.05, 4.69) is 13.8 Å². The third-order valence-electron chi connectivity index (χ3n) is 2.97. The van der Waals surface area contributed by atoms with Gasteiger partial charge < -0.3 is 15.2 Å². The lowest BCUT2D eigenvalue weighted by atomic mass is 9.98. The van der Waals surface area contributed by atoms with E-state index in [4.69, 9.17) is 15.2 Å². The number of ether oxygens (including phenoxy) is 2. The van der Waals surface area contributed by atoms with Crippen LogP contribution in [0.25, 0.3) is 0 Å². The molecule has 0 saturated heterocycles. The summed E-state index contributed by atoms with van der Waals surface area (Å²) >= 11 is 0. The van der Waals surface area contributed by atoms with Crippen molar-refractivity contribution in [2.45, 2.75) is 39.7 Å². The van der Waals surface area contributed by atoms with Gasteiger partial charge in [0.05, 0.1) is 13.7 Å². The fourth-order valence-corrected chi connectivity index (χ4v) is 1.87. The third kappa shape index (κ3) is 5.70. The van der Waals surface area contributed by atoms with Crippen LogP contribution in [0.15, 0.2) is 18.2 Å². The molecule has 1 rings (SSSR count). The van der Waals surface area contributed by atoms with Crippen molar-refractivity contribution in [3.05, 3.63) is 23.8 Å². The van der Waals surface area contributed by atoms with Gasteiger partial charge in [-0.15, -0.1) is 12.4 Å². The number of nitrogens with two attached hydrogens (primary N) is 1. The molecule has 0 heterocycles. The molecule has 0 spiro atoms. The predicted octanol–water partition coefficient (Wildman–Crippen LogP) is 3.95. The predicted molar refractivity (Wildman–Crippen MR) is 82.4 cm³/mol. The van der Waals surface area contributed by atoms with Gasteiger partial charge in [-0.2, -0.15) is 0 Å². The second kappa shape index (κ2) is 9.05. The van der Waals surface area contributed by atoms with Crippen LogP contribution in [0.1, 0.15) is 45.2 Å². The summed E-state index contributed by atoms with van der Waals surface area (Å²) < 4.78 is 10.8. The van der Waals surface area contributed by atoms with Crippen molar-refractivity contribution in [1.82, 2.24) is 0 Å². The van der Waals surface area contributed by atoms with E-state index in [1.54, 1.807) is 7.11 Å². The Bertz CT molecular complexity index is 369. The van der Waals surface area contributed by atoms with Crippen molar-refractivity contribution >= 4 is 12.4 Å². The zero-order valence-corrected chi connectivity index (χ0v) is 13.1. The Morgan fingerprint density at radius 2 is 1.84 bits per heavy atom. The van der Waals surface area contributed by atoms with Gasteiger partial charge in [-0.3, -0.25) is 0 Å². The molecule has 0 amide bonds. The lowest BCUT2D eigenvalue weighted by molar-refractivity contribution is 0.310. The van der Waals surface area contributed by atoms with Crippen molar-refractivity contribution in [2.75, 3.05) is 13.7 Å². The van der Waals surface area contributed by atoms with Gasteiger partial charge in [-0.25, -0.2) is 0 Å². The van der Waals surface area contributed by atoms with E-state index in [0.29, 0.717) is 12.5 Å².